The van der Waals surface area contributed by atoms with Gasteiger partial charge in [-0.3, -0.25) is 0 Å². The van der Waals surface area contributed by atoms with Gasteiger partial charge in [-0.05, 0) is 144 Å². The fourth-order valence-electron chi connectivity index (χ4n) is 9.14. The molecule has 0 unspecified atom stereocenters. The maximum absolute atomic E-state index is 2.38. The van der Waals surface area contributed by atoms with Crippen LogP contribution >= 0.6 is 0 Å². The largest absolute Gasteiger partial charge is 0.0610 e. The van der Waals surface area contributed by atoms with Crippen LogP contribution in [-0.2, 0) is 0 Å². The number of rotatable bonds is 3. The standard InChI is InChI=1S/C52H30/c1-3-35-15-21-43-27-41-19-17-39(29-47(41)45-25-23-37(5-1)49(35)51(43)45)33-11-7-31(8-12-33)32-9-13-34(14-10-32)40-18-20-42-28-44-22-16-36-4-2-6-38-24-26-46(48(42)30-40)52(44)50(36)38/h1-30H. The van der Waals surface area contributed by atoms with Gasteiger partial charge >= 0.3 is 0 Å². The highest BCUT2D eigenvalue weighted by molar-refractivity contribution is 6.30. The van der Waals surface area contributed by atoms with E-state index in [1.165, 1.54) is 120 Å². The molecule has 0 saturated heterocycles. The lowest BCUT2D eigenvalue weighted by atomic mass is 9.89. The summed E-state index contributed by atoms with van der Waals surface area (Å²) in [6.45, 7) is 0. The first-order valence-corrected chi connectivity index (χ1v) is 18.2. The van der Waals surface area contributed by atoms with Gasteiger partial charge < -0.3 is 0 Å². The van der Waals surface area contributed by atoms with E-state index in [1.807, 2.05) is 0 Å². The number of benzene rings is 12. The Morgan fingerprint density at radius 1 is 0.173 bits per heavy atom. The minimum Gasteiger partial charge on any atom is -0.0610 e. The van der Waals surface area contributed by atoms with Gasteiger partial charge in [0.2, 0.25) is 0 Å². The summed E-state index contributed by atoms with van der Waals surface area (Å²) >= 11 is 0. The van der Waals surface area contributed by atoms with Crippen LogP contribution in [-0.4, -0.2) is 0 Å². The van der Waals surface area contributed by atoms with E-state index in [2.05, 4.69) is 182 Å². The first-order valence-electron chi connectivity index (χ1n) is 18.2. The number of fused-ring (bicyclic) bond motifs is 4. The van der Waals surface area contributed by atoms with E-state index in [0.717, 1.165) is 0 Å². The molecule has 0 heteroatoms. The smallest absolute Gasteiger partial charge is 0.00203 e. The fraction of sp³-hybridized carbons (Fsp3) is 0. The van der Waals surface area contributed by atoms with Crippen LogP contribution < -0.4 is 0 Å². The van der Waals surface area contributed by atoms with E-state index in [9.17, 15) is 0 Å². The molecule has 0 atom stereocenters. The van der Waals surface area contributed by atoms with Crippen LogP contribution in [0.2, 0.25) is 0 Å². The van der Waals surface area contributed by atoms with E-state index >= 15 is 0 Å². The Hall–Kier alpha value is -6.76. The average molecular weight is 655 g/mol. The monoisotopic (exact) mass is 654 g/mol. The lowest BCUT2D eigenvalue weighted by molar-refractivity contribution is 1.59. The van der Waals surface area contributed by atoms with Crippen molar-refractivity contribution in [1.82, 2.24) is 0 Å². The lowest BCUT2D eigenvalue weighted by Gasteiger charge is -2.14. The summed E-state index contributed by atoms with van der Waals surface area (Å²) in [4.78, 5) is 0. The molecule has 0 N–H and O–H groups in total. The first-order chi connectivity index (χ1) is 25.7. The summed E-state index contributed by atoms with van der Waals surface area (Å²) in [6, 6.07) is 68.1. The zero-order chi connectivity index (χ0) is 33.9. The van der Waals surface area contributed by atoms with Gasteiger partial charge in [0, 0.05) is 0 Å². The van der Waals surface area contributed by atoms with Crippen LogP contribution in [0.5, 0.6) is 0 Å². The third-order valence-corrected chi connectivity index (χ3v) is 11.7. The molecule has 12 rings (SSSR count). The molecule has 12 aromatic rings. The Labute approximate surface area is 300 Å². The molecule has 0 radical (unpaired) electrons. The van der Waals surface area contributed by atoms with Gasteiger partial charge in [0.15, 0.2) is 0 Å². The molecule has 0 nitrogen and oxygen atoms in total. The van der Waals surface area contributed by atoms with E-state index in [-0.39, 0.29) is 0 Å². The summed E-state index contributed by atoms with van der Waals surface area (Å²) in [7, 11) is 0. The molecule has 0 fully saturated rings. The molecule has 52 heavy (non-hydrogen) atoms. The van der Waals surface area contributed by atoms with E-state index in [4.69, 9.17) is 0 Å². The minimum atomic E-state index is 1.22. The van der Waals surface area contributed by atoms with Crippen LogP contribution in [0.15, 0.2) is 182 Å². The minimum absolute atomic E-state index is 1.22. The molecule has 0 aliphatic rings. The normalized spacial score (nSPS) is 12.2. The molecule has 238 valence electrons. The molecule has 0 aliphatic carbocycles. The molecule has 0 amide bonds. The van der Waals surface area contributed by atoms with Gasteiger partial charge in [-0.25, -0.2) is 0 Å². The van der Waals surface area contributed by atoms with Crippen molar-refractivity contribution >= 4 is 86.2 Å². The fourth-order valence-corrected chi connectivity index (χ4v) is 9.14. The molecule has 0 spiro atoms. The van der Waals surface area contributed by atoms with E-state index in [0.29, 0.717) is 0 Å². The summed E-state index contributed by atoms with van der Waals surface area (Å²) in [5.41, 5.74) is 7.39. The van der Waals surface area contributed by atoms with Crippen LogP contribution in [0.4, 0.5) is 0 Å². The van der Waals surface area contributed by atoms with Crippen molar-refractivity contribution in [2.24, 2.45) is 0 Å². The molecule has 0 bridgehead atoms. The summed E-state index contributed by atoms with van der Waals surface area (Å²) in [5.74, 6) is 0. The Bertz CT molecular complexity index is 3100. The third-order valence-electron chi connectivity index (χ3n) is 11.7. The van der Waals surface area contributed by atoms with Gasteiger partial charge in [-0.1, -0.05) is 158 Å². The lowest BCUT2D eigenvalue weighted by Crippen LogP contribution is -1.87. The summed E-state index contributed by atoms with van der Waals surface area (Å²) in [6.07, 6.45) is 0. The first kappa shape index (κ1) is 28.0. The molecule has 0 aliphatic heterocycles. The zero-order valence-corrected chi connectivity index (χ0v) is 28.3. The van der Waals surface area contributed by atoms with Crippen molar-refractivity contribution < 1.29 is 0 Å². The second-order valence-corrected chi connectivity index (χ2v) is 14.5. The van der Waals surface area contributed by atoms with Crippen molar-refractivity contribution in [1.29, 1.82) is 0 Å². The maximum atomic E-state index is 2.38. The quantitative estimate of drug-likeness (QED) is 0.131. The summed E-state index contributed by atoms with van der Waals surface area (Å²) < 4.78 is 0. The van der Waals surface area contributed by atoms with Crippen LogP contribution in [0.1, 0.15) is 0 Å². The second-order valence-electron chi connectivity index (χ2n) is 14.5. The predicted octanol–water partition coefficient (Wildman–Crippen LogP) is 14.8. The van der Waals surface area contributed by atoms with Crippen molar-refractivity contribution in [3.05, 3.63) is 182 Å². The van der Waals surface area contributed by atoms with Gasteiger partial charge in [-0.15, -0.1) is 0 Å². The third kappa shape index (κ3) is 3.98. The molecular weight excluding hydrogens is 625 g/mol. The molecule has 0 saturated carbocycles. The maximum Gasteiger partial charge on any atom is -0.00203 e. The van der Waals surface area contributed by atoms with Gasteiger partial charge in [0.05, 0.1) is 0 Å². The second kappa shape index (κ2) is 10.4. The van der Waals surface area contributed by atoms with Crippen molar-refractivity contribution in [3.63, 3.8) is 0 Å². The Morgan fingerprint density at radius 2 is 0.481 bits per heavy atom. The van der Waals surface area contributed by atoms with Gasteiger partial charge in [0.25, 0.3) is 0 Å². The van der Waals surface area contributed by atoms with E-state index < -0.39 is 0 Å². The highest BCUT2D eigenvalue weighted by Crippen LogP contribution is 2.41. The number of hydrogen-bond acceptors (Lipinski definition) is 0. The Balaban J connectivity index is 0.889. The Kier molecular flexibility index (Phi) is 5.59. The molecule has 0 aromatic heterocycles. The Morgan fingerprint density at radius 3 is 0.885 bits per heavy atom. The average Bonchev–Trinajstić information content (AvgIpc) is 3.21. The van der Waals surface area contributed by atoms with E-state index in [1.54, 1.807) is 0 Å². The van der Waals surface area contributed by atoms with Crippen LogP contribution in [0.25, 0.3) is 120 Å². The molecular formula is C52H30. The van der Waals surface area contributed by atoms with Crippen LogP contribution in [0.3, 0.4) is 0 Å². The molecule has 12 aromatic carbocycles. The highest BCUT2D eigenvalue weighted by atomic mass is 14.2. The van der Waals surface area contributed by atoms with Crippen molar-refractivity contribution in [2.45, 2.75) is 0 Å². The van der Waals surface area contributed by atoms with Crippen molar-refractivity contribution in [3.8, 4) is 33.4 Å². The topological polar surface area (TPSA) is 0 Å². The predicted molar refractivity (Wildman–Crippen MR) is 225 cm³/mol. The SMILES string of the molecule is c1cc2ccc3cc4ccc(-c5ccc(-c6ccc(-c7ccc8cc9ccc%10cccc%11ccc(c8c7)c9c%10%11)cc6)cc5)cc4c4ccc(c1)c2c34. The van der Waals surface area contributed by atoms with Crippen molar-refractivity contribution in [2.75, 3.05) is 0 Å². The molecule has 0 heterocycles. The van der Waals surface area contributed by atoms with Gasteiger partial charge in [0.1, 0.15) is 0 Å². The van der Waals surface area contributed by atoms with Crippen LogP contribution in [0, 0.1) is 0 Å². The summed E-state index contributed by atoms with van der Waals surface area (Å²) in [5, 5.41) is 21.2. The highest BCUT2D eigenvalue weighted by Gasteiger charge is 2.14. The van der Waals surface area contributed by atoms with Gasteiger partial charge in [-0.2, -0.15) is 0 Å². The number of hydrogen-bond donors (Lipinski definition) is 0. The zero-order valence-electron chi connectivity index (χ0n) is 28.3.